The molecule has 0 atom stereocenters. The van der Waals surface area contributed by atoms with E-state index in [4.69, 9.17) is 18.9 Å². The lowest BCUT2D eigenvalue weighted by Gasteiger charge is -1.69. The third-order valence-electron chi connectivity index (χ3n) is 0. The Morgan fingerprint density at radius 1 is 1.33 bits per heavy atom. The molecule has 0 radical (unpaired) electrons. The average molecular weight is 178 g/mol. The van der Waals surface area contributed by atoms with Crippen molar-refractivity contribution in [1.82, 2.24) is 0 Å². The van der Waals surface area contributed by atoms with Gasteiger partial charge in [-0.1, -0.05) is 0 Å². The fraction of sp³-hybridized carbons (Fsp3) is 1.00. The molecule has 0 fully saturated rings. The van der Waals surface area contributed by atoms with Crippen LogP contribution in [0.5, 0.6) is 0 Å². The minimum atomic E-state index is -3.67. The molecule has 0 saturated heterocycles. The summed E-state index contributed by atoms with van der Waals surface area (Å²) in [4.78, 5) is 14.3. The first-order valence-electron chi connectivity index (χ1n) is 1.58. The zero-order valence-electron chi connectivity index (χ0n) is 4.47. The second-order valence-electron chi connectivity index (χ2n) is 1.02. The Kier molecular flexibility index (Phi) is 6.42. The van der Waals surface area contributed by atoms with Crippen LogP contribution in [0.4, 0.5) is 0 Å². The SMILES string of the molecule is CS(=O)(=O)O.O=[PH](O)O. The highest BCUT2D eigenvalue weighted by molar-refractivity contribution is 7.85. The van der Waals surface area contributed by atoms with Crippen molar-refractivity contribution in [1.29, 1.82) is 0 Å². The Bertz CT molecular complexity index is 155. The molecule has 0 spiro atoms. The summed E-state index contributed by atoms with van der Waals surface area (Å²) in [5.74, 6) is 0. The molecule has 3 N–H and O–H groups in total. The van der Waals surface area contributed by atoms with Crippen molar-refractivity contribution in [2.75, 3.05) is 6.26 Å². The zero-order valence-corrected chi connectivity index (χ0v) is 6.29. The van der Waals surface area contributed by atoms with E-state index in [-0.39, 0.29) is 0 Å². The highest BCUT2D eigenvalue weighted by Crippen LogP contribution is 1.98. The van der Waals surface area contributed by atoms with E-state index in [1.165, 1.54) is 0 Å². The van der Waals surface area contributed by atoms with Crippen molar-refractivity contribution in [2.45, 2.75) is 0 Å². The Hall–Kier alpha value is 0.0600. The van der Waals surface area contributed by atoms with E-state index < -0.39 is 18.4 Å². The number of rotatable bonds is 0. The van der Waals surface area contributed by atoms with Crippen LogP contribution in [0.2, 0.25) is 0 Å². The second-order valence-corrected chi connectivity index (χ2v) is 3.05. The quantitative estimate of drug-likeness (QED) is 0.319. The van der Waals surface area contributed by atoms with Crippen molar-refractivity contribution < 1.29 is 27.3 Å². The van der Waals surface area contributed by atoms with Crippen LogP contribution in [0, 0.1) is 0 Å². The summed E-state index contributed by atoms with van der Waals surface area (Å²) in [5.41, 5.74) is 0. The summed E-state index contributed by atoms with van der Waals surface area (Å²) >= 11 is 0. The van der Waals surface area contributed by atoms with Gasteiger partial charge < -0.3 is 9.79 Å². The van der Waals surface area contributed by atoms with Crippen LogP contribution in [-0.2, 0) is 14.7 Å². The van der Waals surface area contributed by atoms with Gasteiger partial charge >= 0.3 is 8.25 Å². The molecule has 58 valence electrons. The largest absolute Gasteiger partial charge is 0.326 e. The van der Waals surface area contributed by atoms with Gasteiger partial charge in [0, 0.05) is 0 Å². The molecule has 6 nitrogen and oxygen atoms in total. The Balaban J connectivity index is 0. The molecule has 0 bridgehead atoms. The Morgan fingerprint density at radius 2 is 1.33 bits per heavy atom. The molecule has 0 aliphatic rings. The van der Waals surface area contributed by atoms with E-state index in [2.05, 4.69) is 0 Å². The molecule has 0 rings (SSSR count). The van der Waals surface area contributed by atoms with E-state index >= 15 is 0 Å². The average Bonchev–Trinajstić information content (AvgIpc) is 1.19. The molecule has 0 unspecified atom stereocenters. The molecular weight excluding hydrogens is 171 g/mol. The Morgan fingerprint density at radius 3 is 1.33 bits per heavy atom. The van der Waals surface area contributed by atoms with Gasteiger partial charge in [-0.3, -0.25) is 9.12 Å². The minimum absolute atomic E-state index is 0.715. The smallest absolute Gasteiger partial charge is 0.314 e. The first kappa shape index (κ1) is 11.8. The Labute approximate surface area is 52.8 Å². The predicted octanol–water partition coefficient (Wildman–Crippen LogP) is -1.14. The molecule has 0 saturated carbocycles. The van der Waals surface area contributed by atoms with Crippen LogP contribution in [0.15, 0.2) is 0 Å². The van der Waals surface area contributed by atoms with Crippen molar-refractivity contribution in [3.63, 3.8) is 0 Å². The van der Waals surface area contributed by atoms with Crippen molar-refractivity contribution in [3.8, 4) is 0 Å². The molecule has 0 aliphatic heterocycles. The molecule has 8 heteroatoms. The van der Waals surface area contributed by atoms with Crippen LogP contribution in [0.3, 0.4) is 0 Å². The van der Waals surface area contributed by atoms with Gasteiger partial charge in [-0.15, -0.1) is 0 Å². The first-order valence-corrected chi connectivity index (χ1v) is 4.73. The van der Waals surface area contributed by atoms with E-state index in [0.717, 1.165) is 0 Å². The van der Waals surface area contributed by atoms with E-state index in [1.54, 1.807) is 0 Å². The highest BCUT2D eigenvalue weighted by Gasteiger charge is 1.81. The lowest BCUT2D eigenvalue weighted by Crippen LogP contribution is -1.88. The van der Waals surface area contributed by atoms with Gasteiger partial charge in [-0.2, -0.15) is 8.42 Å². The standard InChI is InChI=1S/CH4O3S.H3O3P/c1-5(2,3)4;1-4(2)3/h1H3,(H,2,3,4);4H,(H2,1,2,3). The molecule has 0 aromatic rings. The summed E-state index contributed by atoms with van der Waals surface area (Å²) in [5, 5.41) is 0. The van der Waals surface area contributed by atoms with Crippen LogP contribution < -0.4 is 0 Å². The zero-order chi connectivity index (χ0) is 8.08. The molecule has 0 aliphatic carbocycles. The lowest BCUT2D eigenvalue weighted by molar-refractivity contribution is 0.405. The van der Waals surface area contributed by atoms with Crippen LogP contribution in [0.1, 0.15) is 0 Å². The normalized spacial score (nSPS) is 10.3. The maximum absolute atomic E-state index is 9.19. The molecule has 0 heterocycles. The number of hydrogen-bond acceptors (Lipinski definition) is 3. The van der Waals surface area contributed by atoms with Gasteiger partial charge in [0.15, 0.2) is 0 Å². The molecular formula is CH7O6PS. The van der Waals surface area contributed by atoms with Gasteiger partial charge in [0.05, 0.1) is 6.26 Å². The van der Waals surface area contributed by atoms with Gasteiger partial charge in [-0.05, 0) is 0 Å². The molecule has 0 aromatic heterocycles. The van der Waals surface area contributed by atoms with Crippen LogP contribution in [0.25, 0.3) is 0 Å². The summed E-state index contributed by atoms with van der Waals surface area (Å²) < 4.78 is 34.6. The van der Waals surface area contributed by atoms with Crippen LogP contribution >= 0.6 is 8.25 Å². The van der Waals surface area contributed by atoms with Gasteiger partial charge in [0.1, 0.15) is 0 Å². The van der Waals surface area contributed by atoms with Gasteiger partial charge in [-0.25, -0.2) is 0 Å². The topological polar surface area (TPSA) is 112 Å². The molecule has 9 heavy (non-hydrogen) atoms. The van der Waals surface area contributed by atoms with Gasteiger partial charge in [0.2, 0.25) is 0 Å². The first-order chi connectivity index (χ1) is 3.73. The maximum atomic E-state index is 9.19. The van der Waals surface area contributed by atoms with Gasteiger partial charge in [0.25, 0.3) is 10.1 Å². The maximum Gasteiger partial charge on any atom is 0.314 e. The number of hydrogen-bond donors (Lipinski definition) is 3. The van der Waals surface area contributed by atoms with Crippen molar-refractivity contribution in [3.05, 3.63) is 0 Å². The van der Waals surface area contributed by atoms with Crippen molar-refractivity contribution in [2.24, 2.45) is 0 Å². The van der Waals surface area contributed by atoms with Crippen LogP contribution in [-0.4, -0.2) is 29.0 Å². The van der Waals surface area contributed by atoms with E-state index in [9.17, 15) is 8.42 Å². The monoisotopic (exact) mass is 178 g/mol. The fourth-order valence-corrected chi connectivity index (χ4v) is 0. The summed E-state index contributed by atoms with van der Waals surface area (Å²) in [6.07, 6.45) is 0.715. The third kappa shape index (κ3) is 82200. The summed E-state index contributed by atoms with van der Waals surface area (Å²) in [7, 11) is -6.80. The summed E-state index contributed by atoms with van der Waals surface area (Å²) in [6.45, 7) is 0. The van der Waals surface area contributed by atoms with E-state index in [1.807, 2.05) is 0 Å². The van der Waals surface area contributed by atoms with E-state index in [0.29, 0.717) is 6.26 Å². The van der Waals surface area contributed by atoms with Crippen molar-refractivity contribution >= 4 is 18.4 Å². The highest BCUT2D eigenvalue weighted by atomic mass is 32.2. The lowest BCUT2D eigenvalue weighted by atomic mass is 12.0. The second kappa shape index (κ2) is 4.89. The molecule has 0 amide bonds. The minimum Gasteiger partial charge on any atom is -0.326 e. The fourth-order valence-electron chi connectivity index (χ4n) is 0. The predicted molar refractivity (Wildman–Crippen MR) is 30.9 cm³/mol. The molecule has 0 aromatic carbocycles. The third-order valence-corrected chi connectivity index (χ3v) is 0. The summed E-state index contributed by atoms with van der Waals surface area (Å²) in [6, 6.07) is 0.